The van der Waals surface area contributed by atoms with Gasteiger partial charge in [-0.05, 0) is 11.1 Å². The summed E-state index contributed by atoms with van der Waals surface area (Å²) in [5.41, 5.74) is 2.53. The molecule has 1 saturated heterocycles. The molecule has 3 aromatic rings. The molecule has 1 N–H and O–H groups in total. The molecule has 1 aliphatic rings. The van der Waals surface area contributed by atoms with Crippen LogP contribution in [-0.4, -0.2) is 63.7 Å². The van der Waals surface area contributed by atoms with Crippen LogP contribution >= 0.6 is 23.1 Å². The average Bonchev–Trinajstić information content (AvgIpc) is 3.26. The number of carbonyl (C=O) groups excluding carboxylic acids is 2. The molecule has 0 radical (unpaired) electrons. The van der Waals surface area contributed by atoms with Gasteiger partial charge in [0.2, 0.25) is 16.9 Å². The van der Waals surface area contributed by atoms with Gasteiger partial charge in [-0.25, -0.2) is 0 Å². The van der Waals surface area contributed by atoms with Gasteiger partial charge >= 0.3 is 0 Å². The number of nitrogens with one attached hydrogen (secondary N) is 1. The van der Waals surface area contributed by atoms with E-state index < -0.39 is 0 Å². The first-order valence-corrected chi connectivity index (χ1v) is 12.3. The van der Waals surface area contributed by atoms with Crippen molar-refractivity contribution in [2.24, 2.45) is 0 Å². The molecule has 0 unspecified atom stereocenters. The number of hydrogen-bond donors (Lipinski definition) is 1. The van der Waals surface area contributed by atoms with Gasteiger partial charge in [-0.3, -0.25) is 14.5 Å². The van der Waals surface area contributed by atoms with E-state index >= 15 is 0 Å². The van der Waals surface area contributed by atoms with Gasteiger partial charge in [0.05, 0.1) is 11.8 Å². The number of carbonyl (C=O) groups is 2. The fourth-order valence-electron chi connectivity index (χ4n) is 3.80. The highest BCUT2D eigenvalue weighted by molar-refractivity contribution is 8.01. The van der Waals surface area contributed by atoms with Crippen molar-refractivity contribution in [2.45, 2.75) is 17.3 Å². The first-order valence-electron chi connectivity index (χ1n) is 10.5. The number of thioether (sulfide) groups is 1. The Bertz CT molecular complexity index is 997. The normalized spacial score (nSPS) is 14.5. The van der Waals surface area contributed by atoms with E-state index in [1.165, 1.54) is 41.1 Å². The lowest BCUT2D eigenvalue weighted by Gasteiger charge is -2.39. The zero-order valence-electron chi connectivity index (χ0n) is 17.8. The van der Waals surface area contributed by atoms with Gasteiger partial charge in [0.15, 0.2) is 4.34 Å². The zero-order chi connectivity index (χ0) is 22.3. The zero-order valence-corrected chi connectivity index (χ0v) is 19.4. The van der Waals surface area contributed by atoms with Gasteiger partial charge in [0.25, 0.3) is 0 Å². The fourth-order valence-corrected chi connectivity index (χ4v) is 5.50. The molecule has 0 atom stereocenters. The molecule has 0 aliphatic carbocycles. The van der Waals surface area contributed by atoms with Crippen molar-refractivity contribution in [1.82, 2.24) is 20.0 Å². The standard InChI is InChI=1S/C23H25N5O2S2/c1-17(29)24-22-25-26-23(32-22)31-16-20(30)27-12-14-28(15-13-27)21(18-8-4-2-5-9-18)19-10-6-3-7-11-19/h2-11,21H,12-16H2,1H3,(H,24,25,29). The first kappa shape index (κ1) is 22.4. The van der Waals surface area contributed by atoms with Crippen LogP contribution < -0.4 is 5.32 Å². The second-order valence-electron chi connectivity index (χ2n) is 7.48. The van der Waals surface area contributed by atoms with E-state index in [0.29, 0.717) is 28.3 Å². The Labute approximate surface area is 195 Å². The molecule has 0 spiro atoms. The number of anilines is 1. The summed E-state index contributed by atoms with van der Waals surface area (Å²) in [4.78, 5) is 28.2. The molecule has 1 aliphatic heterocycles. The number of hydrogen-bond acceptors (Lipinski definition) is 7. The van der Waals surface area contributed by atoms with E-state index in [2.05, 4.69) is 68.9 Å². The Morgan fingerprint density at radius 1 is 0.969 bits per heavy atom. The predicted molar refractivity (Wildman–Crippen MR) is 128 cm³/mol. The lowest BCUT2D eigenvalue weighted by Crippen LogP contribution is -2.50. The number of rotatable bonds is 7. The van der Waals surface area contributed by atoms with Crippen molar-refractivity contribution in [1.29, 1.82) is 0 Å². The van der Waals surface area contributed by atoms with Crippen molar-refractivity contribution in [3.63, 3.8) is 0 Å². The van der Waals surface area contributed by atoms with Crippen LogP contribution in [0.25, 0.3) is 0 Å². The molecular formula is C23H25N5O2S2. The molecule has 0 saturated carbocycles. The van der Waals surface area contributed by atoms with Crippen molar-refractivity contribution >= 4 is 40.0 Å². The van der Waals surface area contributed by atoms with Crippen LogP contribution in [0.2, 0.25) is 0 Å². The van der Waals surface area contributed by atoms with E-state index in [4.69, 9.17) is 0 Å². The summed E-state index contributed by atoms with van der Waals surface area (Å²) in [6.45, 7) is 4.45. The third-order valence-electron chi connectivity index (χ3n) is 5.27. The summed E-state index contributed by atoms with van der Waals surface area (Å²) in [7, 11) is 0. The van der Waals surface area contributed by atoms with Crippen LogP contribution in [0.5, 0.6) is 0 Å². The summed E-state index contributed by atoms with van der Waals surface area (Å²) >= 11 is 2.64. The van der Waals surface area contributed by atoms with Crippen LogP contribution in [0.3, 0.4) is 0 Å². The second kappa shape index (κ2) is 10.7. The van der Waals surface area contributed by atoms with E-state index in [1.54, 1.807) is 0 Å². The minimum atomic E-state index is -0.184. The first-order chi connectivity index (χ1) is 15.6. The maximum atomic E-state index is 12.7. The van der Waals surface area contributed by atoms with E-state index in [1.807, 2.05) is 17.0 Å². The van der Waals surface area contributed by atoms with E-state index in [9.17, 15) is 9.59 Å². The highest BCUT2D eigenvalue weighted by atomic mass is 32.2. The highest BCUT2D eigenvalue weighted by Gasteiger charge is 2.28. The maximum Gasteiger partial charge on any atom is 0.233 e. The SMILES string of the molecule is CC(=O)Nc1nnc(SCC(=O)N2CCN(C(c3ccccc3)c3ccccc3)CC2)s1. The van der Waals surface area contributed by atoms with Crippen LogP contribution in [-0.2, 0) is 9.59 Å². The molecule has 0 bridgehead atoms. The molecular weight excluding hydrogens is 442 g/mol. The molecule has 2 aromatic carbocycles. The van der Waals surface area contributed by atoms with Gasteiger partial charge in [-0.2, -0.15) is 0 Å². The van der Waals surface area contributed by atoms with Crippen molar-refractivity contribution < 1.29 is 9.59 Å². The molecule has 32 heavy (non-hydrogen) atoms. The lowest BCUT2D eigenvalue weighted by atomic mass is 9.96. The highest BCUT2D eigenvalue weighted by Crippen LogP contribution is 2.30. The van der Waals surface area contributed by atoms with Crippen LogP contribution in [0, 0.1) is 0 Å². The maximum absolute atomic E-state index is 12.7. The third-order valence-corrected chi connectivity index (χ3v) is 7.23. The van der Waals surface area contributed by atoms with Crippen LogP contribution in [0.1, 0.15) is 24.1 Å². The molecule has 2 heterocycles. The summed E-state index contributed by atoms with van der Waals surface area (Å²) in [5, 5.41) is 11.0. The Balaban J connectivity index is 1.34. The average molecular weight is 468 g/mol. The number of piperazine rings is 1. The van der Waals surface area contributed by atoms with Crippen molar-refractivity contribution in [2.75, 3.05) is 37.2 Å². The lowest BCUT2D eigenvalue weighted by molar-refractivity contribution is -0.130. The number of benzene rings is 2. The summed E-state index contributed by atoms with van der Waals surface area (Å²) in [6.07, 6.45) is 0. The van der Waals surface area contributed by atoms with Gasteiger partial charge in [-0.1, -0.05) is 83.8 Å². The Morgan fingerprint density at radius 2 is 1.56 bits per heavy atom. The van der Waals surface area contributed by atoms with Gasteiger partial charge in [0, 0.05) is 33.1 Å². The molecule has 1 fully saturated rings. The van der Waals surface area contributed by atoms with Gasteiger partial charge in [-0.15, -0.1) is 10.2 Å². The Kier molecular flexibility index (Phi) is 7.51. The van der Waals surface area contributed by atoms with Crippen LogP contribution in [0.4, 0.5) is 5.13 Å². The van der Waals surface area contributed by atoms with Gasteiger partial charge < -0.3 is 10.2 Å². The quantitative estimate of drug-likeness (QED) is 0.423. The molecule has 9 heteroatoms. The Hall–Kier alpha value is -2.75. The smallest absolute Gasteiger partial charge is 0.233 e. The monoisotopic (exact) mass is 467 g/mol. The molecule has 2 amide bonds. The molecule has 1 aromatic heterocycles. The summed E-state index contributed by atoms with van der Waals surface area (Å²) in [5.74, 6) is 0.230. The second-order valence-corrected chi connectivity index (χ2v) is 9.68. The minimum absolute atomic E-state index is 0.0990. The topological polar surface area (TPSA) is 78.4 Å². The fraction of sp³-hybridized carbons (Fsp3) is 0.304. The summed E-state index contributed by atoms with van der Waals surface area (Å²) in [6, 6.07) is 21.2. The van der Waals surface area contributed by atoms with E-state index in [-0.39, 0.29) is 17.9 Å². The van der Waals surface area contributed by atoms with Crippen LogP contribution in [0.15, 0.2) is 65.0 Å². The largest absolute Gasteiger partial charge is 0.339 e. The number of amides is 2. The Morgan fingerprint density at radius 3 is 2.12 bits per heavy atom. The third kappa shape index (κ3) is 5.73. The van der Waals surface area contributed by atoms with Gasteiger partial charge in [0.1, 0.15) is 0 Å². The molecule has 166 valence electrons. The summed E-state index contributed by atoms with van der Waals surface area (Å²) < 4.78 is 0.675. The molecule has 4 rings (SSSR count). The van der Waals surface area contributed by atoms with E-state index in [0.717, 1.165) is 13.1 Å². The number of nitrogens with zero attached hydrogens (tertiary/aromatic N) is 4. The molecule has 7 nitrogen and oxygen atoms in total. The predicted octanol–water partition coefficient (Wildman–Crippen LogP) is 3.52. The van der Waals surface area contributed by atoms with Crippen molar-refractivity contribution in [3.05, 3.63) is 71.8 Å². The van der Waals surface area contributed by atoms with Crippen molar-refractivity contribution in [3.8, 4) is 0 Å². The number of aromatic nitrogens is 2. The minimum Gasteiger partial charge on any atom is -0.339 e.